The van der Waals surface area contributed by atoms with Gasteiger partial charge < -0.3 is 10.2 Å². The summed E-state index contributed by atoms with van der Waals surface area (Å²) in [6.45, 7) is 3.23. The summed E-state index contributed by atoms with van der Waals surface area (Å²) in [4.78, 5) is 14.4. The van der Waals surface area contributed by atoms with Crippen LogP contribution >= 0.6 is 0 Å². The molecule has 0 radical (unpaired) electrons. The van der Waals surface area contributed by atoms with Crippen molar-refractivity contribution in [3.8, 4) is 0 Å². The number of ketones is 1. The number of hydrogen-bond acceptors (Lipinski definition) is 6. The maximum Gasteiger partial charge on any atom is 0.320 e. The summed E-state index contributed by atoms with van der Waals surface area (Å²) in [6.07, 6.45) is 9.95. The van der Waals surface area contributed by atoms with Crippen LogP contribution in [-0.2, 0) is 14.9 Å². The van der Waals surface area contributed by atoms with Gasteiger partial charge in [-0.3, -0.25) is 18.8 Å². The van der Waals surface area contributed by atoms with Crippen LogP contribution in [0.15, 0.2) is 12.2 Å². The molecule has 1 aliphatic heterocycles. The molecule has 3 N–H and O–H groups in total. The number of aliphatic hydroxyl groups excluding tert-OH is 2. The SMILES string of the molecule is CCCCCCCC/C=C/C(=O)C1=[N+](CC(O)CS(=O)(=O)O)CCN1CCO. The molecule has 0 fully saturated rings. The average Bonchev–Trinajstić information content (AvgIpc) is 2.98. The number of unbranched alkanes of at least 4 members (excludes halogenated alkanes) is 6. The van der Waals surface area contributed by atoms with Crippen molar-refractivity contribution in [1.82, 2.24) is 4.90 Å². The van der Waals surface area contributed by atoms with E-state index in [2.05, 4.69) is 6.92 Å². The van der Waals surface area contributed by atoms with Crippen LogP contribution in [0.2, 0.25) is 0 Å². The zero-order valence-corrected chi connectivity index (χ0v) is 17.6. The Balaban J connectivity index is 2.66. The van der Waals surface area contributed by atoms with Crippen LogP contribution in [0.4, 0.5) is 0 Å². The van der Waals surface area contributed by atoms with E-state index in [4.69, 9.17) is 4.55 Å². The van der Waals surface area contributed by atoms with Gasteiger partial charge in [-0.2, -0.15) is 8.42 Å². The molecule has 0 saturated carbocycles. The Hall–Kier alpha value is -1.29. The van der Waals surface area contributed by atoms with Gasteiger partial charge in [0.05, 0.1) is 6.61 Å². The van der Waals surface area contributed by atoms with Crippen LogP contribution in [0, 0.1) is 0 Å². The Labute approximate surface area is 168 Å². The zero-order chi connectivity index (χ0) is 21.0. The third kappa shape index (κ3) is 9.77. The summed E-state index contributed by atoms with van der Waals surface area (Å²) in [7, 11) is -4.29. The Bertz CT molecular complexity index is 645. The number of amidine groups is 1. The summed E-state index contributed by atoms with van der Waals surface area (Å²) >= 11 is 0. The predicted octanol–water partition coefficient (Wildman–Crippen LogP) is 0.830. The molecule has 0 amide bonds. The highest BCUT2D eigenvalue weighted by Gasteiger charge is 2.35. The lowest BCUT2D eigenvalue weighted by atomic mass is 10.1. The molecule has 1 aliphatic rings. The van der Waals surface area contributed by atoms with Gasteiger partial charge in [0.25, 0.3) is 15.9 Å². The Morgan fingerprint density at radius 3 is 2.57 bits per heavy atom. The highest BCUT2D eigenvalue weighted by Crippen LogP contribution is 2.09. The van der Waals surface area contributed by atoms with Gasteiger partial charge >= 0.3 is 5.84 Å². The summed E-state index contributed by atoms with van der Waals surface area (Å²) < 4.78 is 32.4. The molecule has 1 atom stereocenters. The van der Waals surface area contributed by atoms with Crippen LogP contribution in [0.3, 0.4) is 0 Å². The van der Waals surface area contributed by atoms with Gasteiger partial charge in [-0.1, -0.05) is 45.1 Å². The quantitative estimate of drug-likeness (QED) is 0.156. The number of hydrogen-bond donors (Lipinski definition) is 3. The molecule has 0 saturated heterocycles. The fourth-order valence-electron chi connectivity index (χ4n) is 3.34. The summed E-state index contributed by atoms with van der Waals surface area (Å²) in [5.41, 5.74) is 0. The molecule has 162 valence electrons. The number of aliphatic hydroxyl groups is 2. The van der Waals surface area contributed by atoms with Crippen molar-refractivity contribution in [2.75, 3.05) is 38.5 Å². The van der Waals surface area contributed by atoms with Crippen molar-refractivity contribution in [3.63, 3.8) is 0 Å². The van der Waals surface area contributed by atoms with E-state index in [1.54, 1.807) is 9.48 Å². The van der Waals surface area contributed by atoms with E-state index < -0.39 is 22.0 Å². The van der Waals surface area contributed by atoms with Crippen molar-refractivity contribution in [2.45, 2.75) is 58.0 Å². The van der Waals surface area contributed by atoms with E-state index in [9.17, 15) is 23.4 Å². The van der Waals surface area contributed by atoms with Crippen molar-refractivity contribution in [3.05, 3.63) is 12.2 Å². The first kappa shape index (κ1) is 24.7. The fraction of sp³-hybridized carbons (Fsp3) is 0.789. The second kappa shape index (κ2) is 13.0. The Kier molecular flexibility index (Phi) is 11.5. The van der Waals surface area contributed by atoms with Crippen LogP contribution in [-0.4, -0.2) is 88.9 Å². The maximum atomic E-state index is 12.6. The van der Waals surface area contributed by atoms with Crippen molar-refractivity contribution < 1.29 is 32.6 Å². The van der Waals surface area contributed by atoms with Crippen LogP contribution < -0.4 is 0 Å². The molecular weight excluding hydrogens is 384 g/mol. The molecule has 1 rings (SSSR count). The first-order valence-corrected chi connectivity index (χ1v) is 11.7. The van der Waals surface area contributed by atoms with Gasteiger partial charge in [-0.15, -0.1) is 0 Å². The molecule has 1 heterocycles. The normalized spacial score (nSPS) is 16.4. The molecule has 9 heteroatoms. The van der Waals surface area contributed by atoms with E-state index in [1.165, 1.54) is 31.8 Å². The summed E-state index contributed by atoms with van der Waals surface area (Å²) in [5, 5.41) is 19.1. The predicted molar refractivity (Wildman–Crippen MR) is 108 cm³/mol. The third-order valence-corrected chi connectivity index (χ3v) is 5.46. The van der Waals surface area contributed by atoms with Gasteiger partial charge in [-0.25, -0.2) is 0 Å². The molecule has 8 nitrogen and oxygen atoms in total. The van der Waals surface area contributed by atoms with Crippen LogP contribution in [0.1, 0.15) is 51.9 Å². The summed E-state index contributed by atoms with van der Waals surface area (Å²) in [6, 6.07) is 0. The summed E-state index contributed by atoms with van der Waals surface area (Å²) in [5.74, 6) is -0.655. The first-order chi connectivity index (χ1) is 13.3. The molecule has 28 heavy (non-hydrogen) atoms. The van der Waals surface area contributed by atoms with Gasteiger partial charge in [0.2, 0.25) is 0 Å². The van der Waals surface area contributed by atoms with Gasteiger partial charge in [0, 0.05) is 0 Å². The highest BCUT2D eigenvalue weighted by molar-refractivity contribution is 7.85. The molecule has 1 unspecified atom stereocenters. The van der Waals surface area contributed by atoms with Crippen molar-refractivity contribution in [1.29, 1.82) is 0 Å². The lowest BCUT2D eigenvalue weighted by Crippen LogP contribution is -2.39. The van der Waals surface area contributed by atoms with Crippen LogP contribution in [0.25, 0.3) is 0 Å². The zero-order valence-electron chi connectivity index (χ0n) is 16.8. The fourth-order valence-corrected chi connectivity index (χ4v) is 3.93. The number of carbonyl (C=O) groups excluding carboxylic acids is 1. The average molecular weight is 420 g/mol. The second-order valence-electron chi connectivity index (χ2n) is 7.21. The lowest BCUT2D eigenvalue weighted by Gasteiger charge is -2.11. The molecule has 0 bridgehead atoms. The number of β-amino-alcohol motifs (C(OH)–C–C–N with tert-alkyl or cyclic N) is 2. The number of nitrogens with zero attached hydrogens (tertiary/aromatic N) is 2. The minimum Gasteiger partial charge on any atom is -0.392 e. The Morgan fingerprint density at radius 1 is 1.25 bits per heavy atom. The van der Waals surface area contributed by atoms with Crippen LogP contribution in [0.5, 0.6) is 0 Å². The largest absolute Gasteiger partial charge is 0.392 e. The maximum absolute atomic E-state index is 12.6. The standard InChI is InChI=1S/C19H34N2O6S/c1-2-3-4-5-6-7-8-9-10-18(24)19-20(13-14-22)11-12-21(19)15-17(23)16-28(25,26)27/h9-10,17,22-23H,2-8,11-16H2,1H3/p+1/b10-9+. The molecule has 0 aromatic heterocycles. The molecule has 0 aromatic rings. The Morgan fingerprint density at radius 2 is 1.93 bits per heavy atom. The lowest BCUT2D eigenvalue weighted by molar-refractivity contribution is -0.525. The monoisotopic (exact) mass is 419 g/mol. The van der Waals surface area contributed by atoms with E-state index >= 15 is 0 Å². The number of allylic oxidation sites excluding steroid dienone is 1. The van der Waals surface area contributed by atoms with Gasteiger partial charge in [-0.05, 0) is 18.9 Å². The van der Waals surface area contributed by atoms with Gasteiger partial charge in [0.1, 0.15) is 38.0 Å². The number of rotatable bonds is 15. The number of carbonyl (C=O) groups is 1. The minimum absolute atomic E-state index is 0.0753. The topological polar surface area (TPSA) is 118 Å². The van der Waals surface area contributed by atoms with E-state index in [0.717, 1.165) is 19.3 Å². The van der Waals surface area contributed by atoms with E-state index in [1.807, 2.05) is 6.08 Å². The molecule has 0 spiro atoms. The smallest absolute Gasteiger partial charge is 0.320 e. The van der Waals surface area contributed by atoms with E-state index in [-0.39, 0.29) is 25.5 Å². The second-order valence-corrected chi connectivity index (χ2v) is 8.70. The highest BCUT2D eigenvalue weighted by atomic mass is 32.2. The van der Waals surface area contributed by atoms with Crippen molar-refractivity contribution in [2.24, 2.45) is 0 Å². The van der Waals surface area contributed by atoms with E-state index in [0.29, 0.717) is 18.9 Å². The van der Waals surface area contributed by atoms with Gasteiger partial charge in [0.15, 0.2) is 0 Å². The molecular formula is C19H35N2O6S+. The molecule has 0 aliphatic carbocycles. The van der Waals surface area contributed by atoms with Crippen molar-refractivity contribution >= 4 is 21.7 Å². The molecule has 0 aromatic carbocycles. The first-order valence-electron chi connectivity index (χ1n) is 10.1. The minimum atomic E-state index is -4.29. The third-order valence-electron chi connectivity index (χ3n) is 4.66.